The highest BCUT2D eigenvalue weighted by atomic mass is 16.4. The first-order valence-electron chi connectivity index (χ1n) is 9.43. The minimum Gasteiger partial charge on any atom is -0.477 e. The molecule has 3 rings (SSSR count). The van der Waals surface area contributed by atoms with Gasteiger partial charge in [-0.3, -0.25) is 0 Å². The van der Waals surface area contributed by atoms with Gasteiger partial charge in [0.15, 0.2) is 5.82 Å². The van der Waals surface area contributed by atoms with Gasteiger partial charge in [0, 0.05) is 24.2 Å². The van der Waals surface area contributed by atoms with E-state index < -0.39 is 5.97 Å². The predicted octanol–water partition coefficient (Wildman–Crippen LogP) is 4.28. The van der Waals surface area contributed by atoms with Gasteiger partial charge in [-0.25, -0.2) is 14.5 Å². The molecule has 0 aliphatic heterocycles. The van der Waals surface area contributed by atoms with Crippen LogP contribution in [-0.4, -0.2) is 30.4 Å². The molecule has 27 heavy (non-hydrogen) atoms. The molecular weight excluding hydrogens is 340 g/mol. The average Bonchev–Trinajstić information content (AvgIpc) is 3.28. The van der Waals surface area contributed by atoms with Crippen molar-refractivity contribution in [3.8, 4) is 5.69 Å². The molecule has 1 aromatic carbocycles. The van der Waals surface area contributed by atoms with Crippen LogP contribution in [0, 0.1) is 0 Å². The normalized spacial score (nSPS) is 11.3. The molecule has 0 aliphatic carbocycles. The molecule has 0 fully saturated rings. The van der Waals surface area contributed by atoms with Crippen molar-refractivity contribution in [2.45, 2.75) is 52.5 Å². The lowest BCUT2D eigenvalue weighted by atomic mass is 10.2. The topological polar surface area (TPSA) is 72.9 Å². The Kier molecular flexibility index (Phi) is 5.74. The van der Waals surface area contributed by atoms with Gasteiger partial charge in [0.05, 0.1) is 6.54 Å². The van der Waals surface area contributed by atoms with E-state index in [0.29, 0.717) is 12.5 Å². The smallest absolute Gasteiger partial charge is 0.352 e. The second kappa shape index (κ2) is 8.20. The van der Waals surface area contributed by atoms with Gasteiger partial charge in [-0.2, -0.15) is 5.10 Å². The van der Waals surface area contributed by atoms with E-state index in [1.807, 2.05) is 28.9 Å². The van der Waals surface area contributed by atoms with Crippen LogP contribution < -0.4 is 0 Å². The number of rotatable bonds is 8. The van der Waals surface area contributed by atoms with Gasteiger partial charge < -0.3 is 9.67 Å². The van der Waals surface area contributed by atoms with Gasteiger partial charge in [-0.15, -0.1) is 0 Å². The van der Waals surface area contributed by atoms with Crippen molar-refractivity contribution >= 4 is 5.97 Å². The number of carboxylic acids is 1. The molecule has 6 heteroatoms. The molecule has 1 N–H and O–H groups in total. The molecule has 2 aromatic heterocycles. The zero-order valence-corrected chi connectivity index (χ0v) is 16.1. The molecule has 0 saturated heterocycles. The molecule has 0 unspecified atom stereocenters. The third-order valence-electron chi connectivity index (χ3n) is 4.55. The number of aromatic carboxylic acids is 1. The quantitative estimate of drug-likeness (QED) is 0.646. The molecule has 0 radical (unpaired) electrons. The number of aryl methyl sites for hydroxylation is 1. The van der Waals surface area contributed by atoms with E-state index in [0.717, 1.165) is 42.2 Å². The largest absolute Gasteiger partial charge is 0.477 e. The second-order valence-corrected chi connectivity index (χ2v) is 7.04. The van der Waals surface area contributed by atoms with Crippen LogP contribution in [-0.2, 0) is 13.0 Å². The minimum absolute atomic E-state index is 0.252. The lowest BCUT2D eigenvalue weighted by Gasteiger charge is -2.09. The standard InChI is InChI=1S/C21H26N4O2/c1-4-5-8-19-22-20(15(2)3)23-25(19)14-16-9-11-17(12-10-16)24-13-6-7-18(24)21(26)27/h6-7,9-13,15H,4-5,8,14H2,1-3H3,(H,26,27). The Morgan fingerprint density at radius 2 is 1.93 bits per heavy atom. The van der Waals surface area contributed by atoms with Gasteiger partial charge >= 0.3 is 5.97 Å². The van der Waals surface area contributed by atoms with Gasteiger partial charge in [-0.05, 0) is 36.2 Å². The maximum Gasteiger partial charge on any atom is 0.352 e. The van der Waals surface area contributed by atoms with E-state index in [1.54, 1.807) is 22.9 Å². The monoisotopic (exact) mass is 366 g/mol. The number of carbonyl (C=O) groups is 1. The first-order chi connectivity index (χ1) is 13.0. The van der Waals surface area contributed by atoms with Crippen molar-refractivity contribution in [1.29, 1.82) is 0 Å². The number of aromatic nitrogens is 4. The third-order valence-corrected chi connectivity index (χ3v) is 4.55. The molecule has 0 saturated carbocycles. The highest BCUT2D eigenvalue weighted by Gasteiger charge is 2.13. The summed E-state index contributed by atoms with van der Waals surface area (Å²) >= 11 is 0. The lowest BCUT2D eigenvalue weighted by molar-refractivity contribution is 0.0688. The van der Waals surface area contributed by atoms with Crippen LogP contribution in [0.3, 0.4) is 0 Å². The summed E-state index contributed by atoms with van der Waals surface area (Å²) in [5.41, 5.74) is 2.19. The first-order valence-corrected chi connectivity index (χ1v) is 9.43. The fourth-order valence-electron chi connectivity index (χ4n) is 3.00. The minimum atomic E-state index is -0.937. The van der Waals surface area contributed by atoms with Crippen molar-refractivity contribution < 1.29 is 9.90 Å². The summed E-state index contributed by atoms with van der Waals surface area (Å²) in [6.07, 6.45) is 4.91. The van der Waals surface area contributed by atoms with E-state index in [-0.39, 0.29) is 5.69 Å². The predicted molar refractivity (Wildman–Crippen MR) is 105 cm³/mol. The van der Waals surface area contributed by atoms with E-state index in [1.165, 1.54) is 0 Å². The fourth-order valence-corrected chi connectivity index (χ4v) is 3.00. The Morgan fingerprint density at radius 3 is 2.56 bits per heavy atom. The van der Waals surface area contributed by atoms with Gasteiger partial charge in [-0.1, -0.05) is 39.3 Å². The van der Waals surface area contributed by atoms with Crippen molar-refractivity contribution in [3.63, 3.8) is 0 Å². The first kappa shape index (κ1) is 18.9. The Hall–Kier alpha value is -2.89. The third kappa shape index (κ3) is 4.27. The SMILES string of the molecule is CCCCc1nc(C(C)C)nn1Cc1ccc(-n2cccc2C(=O)O)cc1. The molecule has 0 bridgehead atoms. The van der Waals surface area contributed by atoms with E-state index in [4.69, 9.17) is 10.1 Å². The maximum atomic E-state index is 11.3. The highest BCUT2D eigenvalue weighted by molar-refractivity contribution is 5.86. The second-order valence-electron chi connectivity index (χ2n) is 7.04. The van der Waals surface area contributed by atoms with Crippen LogP contribution in [0.25, 0.3) is 5.69 Å². The number of hydrogen-bond donors (Lipinski definition) is 1. The van der Waals surface area contributed by atoms with Gasteiger partial charge in [0.1, 0.15) is 11.5 Å². The summed E-state index contributed by atoms with van der Waals surface area (Å²) in [4.78, 5) is 16.0. The molecule has 142 valence electrons. The number of unbranched alkanes of at least 4 members (excludes halogenated alkanes) is 1. The highest BCUT2D eigenvalue weighted by Crippen LogP contribution is 2.17. The van der Waals surface area contributed by atoms with Crippen LogP contribution >= 0.6 is 0 Å². The zero-order valence-electron chi connectivity index (χ0n) is 16.1. The molecule has 0 amide bonds. The zero-order chi connectivity index (χ0) is 19.4. The Morgan fingerprint density at radius 1 is 1.19 bits per heavy atom. The van der Waals surface area contributed by atoms with E-state index in [2.05, 4.69) is 20.8 Å². The van der Waals surface area contributed by atoms with Crippen molar-refractivity contribution in [2.24, 2.45) is 0 Å². The maximum absolute atomic E-state index is 11.3. The van der Waals surface area contributed by atoms with Crippen LogP contribution in [0.15, 0.2) is 42.6 Å². The number of hydrogen-bond acceptors (Lipinski definition) is 3. The lowest BCUT2D eigenvalue weighted by Crippen LogP contribution is -2.08. The summed E-state index contributed by atoms with van der Waals surface area (Å²) in [5, 5.41) is 14.0. The molecule has 0 aliphatic rings. The summed E-state index contributed by atoms with van der Waals surface area (Å²) in [6.45, 7) is 7.05. The number of nitrogens with zero attached hydrogens (tertiary/aromatic N) is 4. The van der Waals surface area contributed by atoms with E-state index >= 15 is 0 Å². The molecule has 6 nitrogen and oxygen atoms in total. The fraction of sp³-hybridized carbons (Fsp3) is 0.381. The number of benzene rings is 1. The van der Waals surface area contributed by atoms with Crippen molar-refractivity contribution in [1.82, 2.24) is 19.3 Å². The summed E-state index contributed by atoms with van der Waals surface area (Å²) < 4.78 is 3.67. The molecule has 0 spiro atoms. The number of carboxylic acid groups (broad SMARTS) is 1. The Balaban J connectivity index is 1.82. The Labute approximate surface area is 159 Å². The Bertz CT molecular complexity index is 907. The summed E-state index contributed by atoms with van der Waals surface area (Å²) in [7, 11) is 0. The summed E-state index contributed by atoms with van der Waals surface area (Å²) in [5.74, 6) is 1.28. The van der Waals surface area contributed by atoms with Crippen LogP contribution in [0.2, 0.25) is 0 Å². The molecule has 0 atom stereocenters. The average molecular weight is 366 g/mol. The van der Waals surface area contributed by atoms with Gasteiger partial charge in [0.2, 0.25) is 0 Å². The van der Waals surface area contributed by atoms with Gasteiger partial charge in [0.25, 0.3) is 0 Å². The molecular formula is C21H26N4O2. The summed E-state index contributed by atoms with van der Waals surface area (Å²) in [6, 6.07) is 11.2. The van der Waals surface area contributed by atoms with Crippen LogP contribution in [0.5, 0.6) is 0 Å². The molecule has 2 heterocycles. The van der Waals surface area contributed by atoms with Crippen LogP contribution in [0.4, 0.5) is 0 Å². The van der Waals surface area contributed by atoms with Crippen molar-refractivity contribution in [3.05, 3.63) is 65.5 Å². The molecule has 3 aromatic rings. The van der Waals surface area contributed by atoms with Crippen LogP contribution in [0.1, 0.15) is 67.2 Å². The van der Waals surface area contributed by atoms with Crippen molar-refractivity contribution in [2.75, 3.05) is 0 Å². The van der Waals surface area contributed by atoms with E-state index in [9.17, 15) is 9.90 Å².